The summed E-state index contributed by atoms with van der Waals surface area (Å²) in [6, 6.07) is 17.9. The fourth-order valence-electron chi connectivity index (χ4n) is 3.30. The molecule has 0 aliphatic carbocycles. The molecule has 0 amide bonds. The molecule has 2 atom stereocenters. The van der Waals surface area contributed by atoms with E-state index >= 15 is 0 Å². The predicted molar refractivity (Wildman–Crippen MR) is 102 cm³/mol. The molecule has 2 saturated heterocycles. The Kier molecular flexibility index (Phi) is 5.42. The molecule has 27 heavy (non-hydrogen) atoms. The Hall–Kier alpha value is -2.35. The average Bonchev–Trinajstić information content (AvgIpc) is 3.21. The van der Waals surface area contributed by atoms with Crippen LogP contribution >= 0.6 is 11.8 Å². The Morgan fingerprint density at radius 3 is 1.56 bits per heavy atom. The molecule has 0 aromatic heterocycles. The van der Waals surface area contributed by atoms with E-state index in [1.54, 1.807) is 46.2 Å². The van der Waals surface area contributed by atoms with Gasteiger partial charge < -0.3 is 9.68 Å². The van der Waals surface area contributed by atoms with Crippen molar-refractivity contribution >= 4 is 23.7 Å². The molecule has 2 aliphatic heterocycles. The molecule has 140 valence electrons. The summed E-state index contributed by atoms with van der Waals surface area (Å²) in [4.78, 5) is 36.0. The number of hydroxylamine groups is 4. The molecule has 4 rings (SSSR count). The van der Waals surface area contributed by atoms with Gasteiger partial charge in [-0.25, -0.2) is 9.59 Å². The maximum Gasteiger partial charge on any atom is 0.357 e. The maximum absolute atomic E-state index is 12.4. The first-order valence-electron chi connectivity index (χ1n) is 8.88. The van der Waals surface area contributed by atoms with Crippen LogP contribution in [0.2, 0.25) is 0 Å². The van der Waals surface area contributed by atoms with E-state index < -0.39 is 0 Å². The lowest BCUT2D eigenvalue weighted by Gasteiger charge is -2.40. The van der Waals surface area contributed by atoms with Crippen LogP contribution in [0.25, 0.3) is 0 Å². The van der Waals surface area contributed by atoms with Crippen LogP contribution in [0.1, 0.15) is 20.7 Å². The Bertz CT molecular complexity index is 735. The highest BCUT2D eigenvalue weighted by Gasteiger charge is 2.44. The number of carbonyl (C=O) groups is 2. The first kappa shape index (κ1) is 18.0. The lowest BCUT2D eigenvalue weighted by molar-refractivity contribution is -0.229. The Morgan fingerprint density at radius 1 is 0.741 bits per heavy atom. The van der Waals surface area contributed by atoms with Gasteiger partial charge in [-0.15, -0.1) is 10.1 Å². The first-order valence-corrected chi connectivity index (χ1v) is 10.0. The number of fused-ring (bicyclic) bond motifs is 1. The molecular weight excluding hydrogens is 364 g/mol. The van der Waals surface area contributed by atoms with E-state index in [-0.39, 0.29) is 24.0 Å². The summed E-state index contributed by atoms with van der Waals surface area (Å²) in [7, 11) is 0. The van der Waals surface area contributed by atoms with Crippen molar-refractivity contribution < 1.29 is 19.3 Å². The van der Waals surface area contributed by atoms with E-state index in [0.717, 1.165) is 11.5 Å². The summed E-state index contributed by atoms with van der Waals surface area (Å²) < 4.78 is 0. The van der Waals surface area contributed by atoms with Crippen LogP contribution in [-0.4, -0.2) is 58.7 Å². The maximum atomic E-state index is 12.4. The highest BCUT2D eigenvalue weighted by atomic mass is 32.2. The number of rotatable bonds is 4. The Balaban J connectivity index is 1.41. The molecule has 6 nitrogen and oxygen atoms in total. The van der Waals surface area contributed by atoms with Crippen molar-refractivity contribution in [2.75, 3.05) is 24.6 Å². The van der Waals surface area contributed by atoms with Gasteiger partial charge in [0.15, 0.2) is 0 Å². The van der Waals surface area contributed by atoms with E-state index in [4.69, 9.17) is 9.68 Å². The highest BCUT2D eigenvalue weighted by Crippen LogP contribution is 2.31. The van der Waals surface area contributed by atoms with Crippen LogP contribution in [0.15, 0.2) is 60.7 Å². The fraction of sp³-hybridized carbons (Fsp3) is 0.300. The molecule has 2 heterocycles. The number of nitrogens with zero attached hydrogens (tertiary/aromatic N) is 2. The Morgan fingerprint density at radius 2 is 1.15 bits per heavy atom. The van der Waals surface area contributed by atoms with Crippen molar-refractivity contribution in [3.63, 3.8) is 0 Å². The van der Waals surface area contributed by atoms with E-state index in [0.29, 0.717) is 24.2 Å². The molecule has 0 bridgehead atoms. The van der Waals surface area contributed by atoms with Crippen LogP contribution in [0.5, 0.6) is 0 Å². The van der Waals surface area contributed by atoms with Crippen LogP contribution in [0.3, 0.4) is 0 Å². The second-order valence-corrected chi connectivity index (χ2v) is 7.52. The van der Waals surface area contributed by atoms with Crippen molar-refractivity contribution in [3.05, 3.63) is 71.8 Å². The molecule has 2 aliphatic rings. The summed E-state index contributed by atoms with van der Waals surface area (Å²) in [6.45, 7) is 0.977. The standard InChI is InChI=1S/C20H20N2O4S/c23-19(15-7-3-1-4-8-15)25-21-11-12-22(18-14-27-13-17(18)21)26-20(24)16-9-5-2-6-10-16/h1-10,17-18H,11-14H2/t17-,18+. The van der Waals surface area contributed by atoms with Gasteiger partial charge in [-0.1, -0.05) is 36.4 Å². The van der Waals surface area contributed by atoms with Crippen LogP contribution in [-0.2, 0) is 9.68 Å². The van der Waals surface area contributed by atoms with Crippen molar-refractivity contribution in [3.8, 4) is 0 Å². The molecule has 2 aromatic carbocycles. The third-order valence-corrected chi connectivity index (χ3v) is 5.88. The van der Waals surface area contributed by atoms with Gasteiger partial charge in [-0.05, 0) is 24.3 Å². The second-order valence-electron chi connectivity index (χ2n) is 6.44. The lowest BCUT2D eigenvalue weighted by atomic mass is 10.1. The van der Waals surface area contributed by atoms with Gasteiger partial charge in [-0.2, -0.15) is 11.8 Å². The van der Waals surface area contributed by atoms with E-state index in [2.05, 4.69) is 0 Å². The minimum absolute atomic E-state index is 0.0000133. The third kappa shape index (κ3) is 4.00. The quantitative estimate of drug-likeness (QED) is 0.803. The summed E-state index contributed by atoms with van der Waals surface area (Å²) >= 11 is 1.77. The number of carbonyl (C=O) groups excluding carboxylic acids is 2. The van der Waals surface area contributed by atoms with Gasteiger partial charge in [0.2, 0.25) is 0 Å². The SMILES string of the molecule is O=C(ON1CCN(OC(=O)c2ccccc2)[C@H]2CSC[C@H]21)c1ccccc1. The average molecular weight is 384 g/mol. The minimum Gasteiger partial charge on any atom is -0.363 e. The normalized spacial score (nSPS) is 22.8. The van der Waals surface area contributed by atoms with Crippen molar-refractivity contribution in [2.45, 2.75) is 12.1 Å². The van der Waals surface area contributed by atoms with Crippen molar-refractivity contribution in [1.82, 2.24) is 10.1 Å². The number of hydrogen-bond donors (Lipinski definition) is 0. The van der Waals surface area contributed by atoms with Crippen molar-refractivity contribution in [1.29, 1.82) is 0 Å². The van der Waals surface area contributed by atoms with Gasteiger partial charge in [0, 0.05) is 11.5 Å². The molecular formula is C20H20N2O4S. The summed E-state index contributed by atoms with van der Waals surface area (Å²) in [5, 5.41) is 3.49. The molecule has 7 heteroatoms. The number of thioether (sulfide) groups is 1. The number of piperazine rings is 1. The molecule has 0 spiro atoms. The van der Waals surface area contributed by atoms with E-state index in [1.165, 1.54) is 0 Å². The van der Waals surface area contributed by atoms with Gasteiger partial charge in [-0.3, -0.25) is 0 Å². The van der Waals surface area contributed by atoms with Crippen LogP contribution < -0.4 is 0 Å². The second kappa shape index (κ2) is 8.12. The molecule has 0 saturated carbocycles. The van der Waals surface area contributed by atoms with Crippen LogP contribution in [0.4, 0.5) is 0 Å². The molecule has 0 unspecified atom stereocenters. The summed E-state index contributed by atoms with van der Waals surface area (Å²) in [5.41, 5.74) is 1.05. The monoisotopic (exact) mass is 384 g/mol. The zero-order valence-electron chi connectivity index (χ0n) is 14.7. The predicted octanol–water partition coefficient (Wildman–Crippen LogP) is 2.63. The van der Waals surface area contributed by atoms with Crippen LogP contribution in [0, 0.1) is 0 Å². The Labute approximate surface area is 161 Å². The third-order valence-electron chi connectivity index (χ3n) is 4.72. The lowest BCUT2D eigenvalue weighted by Crippen LogP contribution is -2.59. The van der Waals surface area contributed by atoms with Gasteiger partial charge >= 0.3 is 11.9 Å². The van der Waals surface area contributed by atoms with Crippen molar-refractivity contribution in [2.24, 2.45) is 0 Å². The topological polar surface area (TPSA) is 59.1 Å². The number of benzene rings is 2. The highest BCUT2D eigenvalue weighted by molar-refractivity contribution is 7.99. The molecule has 2 fully saturated rings. The zero-order valence-corrected chi connectivity index (χ0v) is 15.5. The summed E-state index contributed by atoms with van der Waals surface area (Å²) in [5.74, 6) is 0.931. The molecule has 0 radical (unpaired) electrons. The number of hydrogen-bond acceptors (Lipinski definition) is 7. The first-order chi connectivity index (χ1) is 13.2. The summed E-state index contributed by atoms with van der Waals surface area (Å²) in [6.07, 6.45) is 0. The van der Waals surface area contributed by atoms with Gasteiger partial charge in [0.1, 0.15) is 0 Å². The zero-order chi connectivity index (χ0) is 18.6. The molecule has 0 N–H and O–H groups in total. The van der Waals surface area contributed by atoms with E-state index in [1.807, 2.05) is 36.4 Å². The smallest absolute Gasteiger partial charge is 0.357 e. The molecule has 2 aromatic rings. The van der Waals surface area contributed by atoms with Gasteiger partial charge in [0.05, 0.1) is 36.3 Å². The largest absolute Gasteiger partial charge is 0.363 e. The minimum atomic E-state index is -0.360. The van der Waals surface area contributed by atoms with E-state index in [9.17, 15) is 9.59 Å². The fourth-order valence-corrected chi connectivity index (χ4v) is 4.70. The van der Waals surface area contributed by atoms with Gasteiger partial charge in [0.25, 0.3) is 0 Å².